The van der Waals surface area contributed by atoms with Crippen molar-refractivity contribution in [2.75, 3.05) is 30.4 Å². The molecular weight excluding hydrogens is 911 g/mol. The highest BCUT2D eigenvalue weighted by molar-refractivity contribution is 7.99. The number of aryl methyl sites for hydroxylation is 1. The summed E-state index contributed by atoms with van der Waals surface area (Å²) in [6.45, 7) is -1.22. The molecule has 8 atom stereocenters. The van der Waals surface area contributed by atoms with Gasteiger partial charge in [0.15, 0.2) is 45.7 Å². The van der Waals surface area contributed by atoms with Crippen molar-refractivity contribution in [3.05, 3.63) is 84.4 Å². The number of thioether (sulfide) groups is 2. The van der Waals surface area contributed by atoms with E-state index in [0.29, 0.717) is 38.5 Å². The Kier molecular flexibility index (Phi) is 14.8. The Morgan fingerprint density at radius 2 is 1.05 bits per heavy atom. The van der Waals surface area contributed by atoms with E-state index in [1.807, 2.05) is 60.7 Å². The quantitative estimate of drug-likeness (QED) is 0.0388. The smallest absolute Gasteiger partial charge is 0.387 e. The van der Waals surface area contributed by atoms with E-state index >= 15 is 0 Å². The Morgan fingerprint density at radius 3 is 1.49 bits per heavy atom. The van der Waals surface area contributed by atoms with Crippen molar-refractivity contribution in [1.82, 2.24) is 39.0 Å². The number of aromatic nitrogens is 8. The predicted octanol–water partition coefficient (Wildman–Crippen LogP) is 0.901. The second kappa shape index (κ2) is 19.9. The van der Waals surface area contributed by atoms with Crippen molar-refractivity contribution in [1.29, 1.82) is 0 Å². The summed E-state index contributed by atoms with van der Waals surface area (Å²) in [6, 6.07) is 19.7. The van der Waals surface area contributed by atoms with Gasteiger partial charge in [0.05, 0.1) is 25.9 Å². The van der Waals surface area contributed by atoms with Crippen molar-refractivity contribution in [3.63, 3.8) is 0 Å². The molecule has 24 nitrogen and oxygen atoms in total. The molecule has 6 heterocycles. The van der Waals surface area contributed by atoms with Crippen LogP contribution in [0.25, 0.3) is 22.3 Å². The van der Waals surface area contributed by atoms with Crippen molar-refractivity contribution < 1.29 is 67.7 Å². The monoisotopic (exact) mass is 952 g/mol. The number of aliphatic hydroxyl groups excluding tert-OH is 4. The molecule has 12 N–H and O–H groups in total. The number of phosphoric ester groups is 2. The lowest BCUT2D eigenvalue weighted by Crippen LogP contribution is -2.33. The molecule has 338 valence electrons. The highest BCUT2D eigenvalue weighted by atomic mass is 32.2. The number of anilines is 2. The molecular formula is C35H42N10O14P2S2. The summed E-state index contributed by atoms with van der Waals surface area (Å²) in [5.74, 6) is 1.63. The van der Waals surface area contributed by atoms with Crippen molar-refractivity contribution >= 4 is 73.1 Å². The van der Waals surface area contributed by atoms with Gasteiger partial charge in [-0.3, -0.25) is 18.2 Å². The highest BCUT2D eigenvalue weighted by Gasteiger charge is 2.46. The summed E-state index contributed by atoms with van der Waals surface area (Å²) >= 11 is 2.78. The lowest BCUT2D eigenvalue weighted by Gasteiger charge is -2.17. The van der Waals surface area contributed by atoms with Crippen LogP contribution in [0.4, 0.5) is 11.6 Å². The molecule has 0 aliphatic carbocycles. The predicted molar refractivity (Wildman–Crippen MR) is 224 cm³/mol. The van der Waals surface area contributed by atoms with Crippen LogP contribution in [0.2, 0.25) is 0 Å². The number of fused-ring (bicyclic) bond motifs is 2. The fourth-order valence-corrected chi connectivity index (χ4v) is 8.82. The zero-order chi connectivity index (χ0) is 45.1. The van der Waals surface area contributed by atoms with Crippen LogP contribution >= 0.6 is 39.2 Å². The molecule has 0 bridgehead atoms. The third-order valence-corrected chi connectivity index (χ3v) is 12.3. The summed E-state index contributed by atoms with van der Waals surface area (Å²) in [5.41, 5.74) is 15.5. The second-order valence-electron chi connectivity index (χ2n) is 14.0. The fraction of sp³-hybridized carbons (Fsp3) is 0.371. The topological polar surface area (TPSA) is 372 Å². The summed E-state index contributed by atoms with van der Waals surface area (Å²) in [7, 11) is -9.52. The molecule has 63 heavy (non-hydrogen) atoms. The van der Waals surface area contributed by atoms with E-state index < -0.39 is 77.9 Å². The average molecular weight is 953 g/mol. The van der Waals surface area contributed by atoms with Crippen LogP contribution < -0.4 is 11.5 Å². The number of aliphatic hydroxyl groups is 4. The highest BCUT2D eigenvalue weighted by Crippen LogP contribution is 2.40. The van der Waals surface area contributed by atoms with Gasteiger partial charge in [-0.25, -0.2) is 39.0 Å². The third-order valence-electron chi connectivity index (χ3n) is 9.57. The van der Waals surface area contributed by atoms with E-state index in [9.17, 15) is 29.6 Å². The summed E-state index contributed by atoms with van der Waals surface area (Å²) in [6.07, 6.45) is -6.79. The standard InChI is InChI=1S/C18H22N5O7PS.C17H20N5O7PS/c19-15-12-16(22-18(21-15)32-7-6-10-4-2-1-3-5-10)23(9-20-12)17-14(25)13(24)11(30-17)8-29-31(26,27)28;18-14-11-15(21-17(20-14)31-7-9-4-2-1-3-5-9)22(8-19-11)16-13(24)12(23)10(29-16)6-28-30(25,26)27/h1-5,9,11,13-14,17,24-25H,6-8H2,(H2,19,21,22)(H2,26,27,28);1-5,8,10,12-13,16,23-24H,6-7H2,(H2,18,20,21)(H2,25,26,27)/t11-,13-,14-,17-;10-,12-,13-,16-/m11/s1. The van der Waals surface area contributed by atoms with Crippen LogP contribution in [0.1, 0.15) is 23.6 Å². The fourth-order valence-electron chi connectivity index (χ4n) is 6.50. The van der Waals surface area contributed by atoms with E-state index in [4.69, 9.17) is 40.5 Å². The van der Waals surface area contributed by atoms with Gasteiger partial charge in [-0.15, -0.1) is 0 Å². The van der Waals surface area contributed by atoms with Crippen LogP contribution in [-0.2, 0) is 39.8 Å². The van der Waals surface area contributed by atoms with Gasteiger partial charge in [-0.05, 0) is 17.5 Å². The molecule has 0 saturated carbocycles. The van der Waals surface area contributed by atoms with E-state index in [-0.39, 0.29) is 17.3 Å². The number of nitrogen functional groups attached to an aromatic ring is 2. The number of hydrogen-bond donors (Lipinski definition) is 10. The minimum absolute atomic E-state index is 0.147. The maximum absolute atomic E-state index is 10.9. The van der Waals surface area contributed by atoms with E-state index in [1.165, 1.54) is 50.9 Å². The minimum atomic E-state index is -4.76. The molecule has 2 aliphatic rings. The van der Waals surface area contributed by atoms with Crippen LogP contribution in [0.5, 0.6) is 0 Å². The molecule has 0 amide bonds. The Bertz CT molecular complexity index is 2590. The molecule has 0 radical (unpaired) electrons. The van der Waals surface area contributed by atoms with Gasteiger partial charge in [-0.2, -0.15) is 0 Å². The first kappa shape index (κ1) is 46.8. The van der Waals surface area contributed by atoms with Crippen LogP contribution in [0.15, 0.2) is 83.6 Å². The number of ether oxygens (including phenoxy) is 2. The van der Waals surface area contributed by atoms with E-state index in [2.05, 4.69) is 39.0 Å². The molecule has 0 unspecified atom stereocenters. The summed E-state index contributed by atoms with van der Waals surface area (Å²) in [4.78, 5) is 61.3. The molecule has 6 aromatic rings. The van der Waals surface area contributed by atoms with Gasteiger partial charge in [0.25, 0.3) is 0 Å². The molecule has 2 fully saturated rings. The normalized spacial score (nSPS) is 23.9. The number of phosphoric acid groups is 2. The number of hydrogen-bond acceptors (Lipinski definition) is 20. The number of imidazole rings is 2. The minimum Gasteiger partial charge on any atom is -0.387 e. The van der Waals surface area contributed by atoms with Gasteiger partial charge in [0.2, 0.25) is 0 Å². The molecule has 28 heteroatoms. The zero-order valence-electron chi connectivity index (χ0n) is 32.6. The molecule has 2 aliphatic heterocycles. The lowest BCUT2D eigenvalue weighted by atomic mass is 10.1. The first-order valence-electron chi connectivity index (χ1n) is 18.7. The molecule has 2 aromatic carbocycles. The second-order valence-corrected chi connectivity index (χ2v) is 18.4. The first-order valence-corrected chi connectivity index (χ1v) is 23.8. The lowest BCUT2D eigenvalue weighted by molar-refractivity contribution is -0.0504. The maximum Gasteiger partial charge on any atom is 0.469 e. The number of nitrogens with zero attached hydrogens (tertiary/aromatic N) is 8. The van der Waals surface area contributed by atoms with Gasteiger partial charge in [0.1, 0.15) is 47.7 Å². The molecule has 8 rings (SSSR count). The molecule has 0 spiro atoms. The Balaban J connectivity index is 0.000000189. The van der Waals surface area contributed by atoms with Crippen LogP contribution in [0.3, 0.4) is 0 Å². The van der Waals surface area contributed by atoms with Crippen LogP contribution in [-0.4, -0.2) is 135 Å². The number of benzene rings is 2. The number of rotatable bonds is 15. The first-order chi connectivity index (χ1) is 30.0. The van der Waals surface area contributed by atoms with Gasteiger partial charge < -0.3 is 60.9 Å². The SMILES string of the molecule is Nc1nc(SCCc2ccccc2)nc2c1ncn2[C@@H]1O[C@H](COP(=O)(O)O)[C@@H](O)[C@H]1O.Nc1nc(SCc2ccccc2)nc2c1ncn2[C@@H]1O[C@H](COP(=O)(O)O)[C@@H](O)[C@H]1O. The summed E-state index contributed by atoms with van der Waals surface area (Å²) < 4.78 is 44.6. The molecule has 2 saturated heterocycles. The molecule has 4 aromatic heterocycles. The summed E-state index contributed by atoms with van der Waals surface area (Å²) in [5, 5.41) is 42.1. The average Bonchev–Trinajstić information content (AvgIpc) is 4.00. The van der Waals surface area contributed by atoms with Gasteiger partial charge in [-0.1, -0.05) is 84.2 Å². The Hall–Kier alpha value is -4.18. The Labute approximate surface area is 365 Å². The Morgan fingerprint density at radius 1 is 0.619 bits per heavy atom. The van der Waals surface area contributed by atoms with E-state index in [0.717, 1.165) is 12.0 Å². The van der Waals surface area contributed by atoms with E-state index in [1.54, 1.807) is 0 Å². The van der Waals surface area contributed by atoms with Gasteiger partial charge in [0, 0.05) is 11.5 Å². The number of nitrogens with two attached hydrogens (primary N) is 2. The van der Waals surface area contributed by atoms with Crippen molar-refractivity contribution in [2.24, 2.45) is 0 Å². The van der Waals surface area contributed by atoms with Crippen LogP contribution in [0, 0.1) is 0 Å². The largest absolute Gasteiger partial charge is 0.469 e. The van der Waals surface area contributed by atoms with Gasteiger partial charge >= 0.3 is 15.6 Å². The zero-order valence-corrected chi connectivity index (χ0v) is 36.0. The van der Waals surface area contributed by atoms with Crippen molar-refractivity contribution in [2.45, 2.75) is 71.6 Å². The maximum atomic E-state index is 10.9. The third kappa shape index (κ3) is 11.6. The van der Waals surface area contributed by atoms with Crippen molar-refractivity contribution in [3.8, 4) is 0 Å².